The summed E-state index contributed by atoms with van der Waals surface area (Å²) in [6.07, 6.45) is -0.667. The van der Waals surface area contributed by atoms with Crippen LogP contribution in [-0.4, -0.2) is 5.11 Å². The molecule has 3 rings (SSSR count). The lowest BCUT2D eigenvalue weighted by Gasteiger charge is -2.16. The molecule has 0 aliphatic heterocycles. The first-order chi connectivity index (χ1) is 9.66. The van der Waals surface area contributed by atoms with Crippen LogP contribution in [0.1, 0.15) is 22.8 Å². The van der Waals surface area contributed by atoms with Crippen molar-refractivity contribution in [1.82, 2.24) is 0 Å². The Morgan fingerprint density at radius 1 is 0.900 bits per heavy atom. The number of fused-ring (bicyclic) bond motifs is 1. The molecule has 0 bridgehead atoms. The number of aryl methyl sites for hydroxylation is 1. The van der Waals surface area contributed by atoms with Crippen LogP contribution in [0.2, 0.25) is 5.02 Å². The average molecular weight is 283 g/mol. The van der Waals surface area contributed by atoms with Gasteiger partial charge in [-0.15, -0.1) is 0 Å². The average Bonchev–Trinajstić information content (AvgIpc) is 2.48. The first-order valence-corrected chi connectivity index (χ1v) is 6.96. The topological polar surface area (TPSA) is 20.2 Å². The molecule has 0 radical (unpaired) electrons. The van der Waals surface area contributed by atoms with Crippen LogP contribution in [0.4, 0.5) is 0 Å². The van der Waals surface area contributed by atoms with Crippen molar-refractivity contribution in [3.63, 3.8) is 0 Å². The van der Waals surface area contributed by atoms with E-state index in [0.717, 1.165) is 27.5 Å². The lowest BCUT2D eigenvalue weighted by Crippen LogP contribution is -2.02. The van der Waals surface area contributed by atoms with Crippen LogP contribution in [0.3, 0.4) is 0 Å². The van der Waals surface area contributed by atoms with Crippen LogP contribution < -0.4 is 0 Å². The Bertz CT molecular complexity index is 759. The fraction of sp³-hybridized carbons (Fsp3) is 0.111. The number of benzene rings is 3. The Morgan fingerprint density at radius 2 is 1.65 bits per heavy atom. The zero-order valence-electron chi connectivity index (χ0n) is 11.2. The van der Waals surface area contributed by atoms with Crippen LogP contribution in [0, 0.1) is 6.92 Å². The Morgan fingerprint density at radius 3 is 2.50 bits per heavy atom. The van der Waals surface area contributed by atoms with Gasteiger partial charge in [0.05, 0.1) is 0 Å². The zero-order chi connectivity index (χ0) is 14.1. The Hall–Kier alpha value is -1.83. The van der Waals surface area contributed by atoms with E-state index in [1.54, 1.807) is 0 Å². The van der Waals surface area contributed by atoms with Crippen molar-refractivity contribution in [1.29, 1.82) is 0 Å². The monoisotopic (exact) mass is 282 g/mol. The third-order valence-corrected chi connectivity index (χ3v) is 3.89. The van der Waals surface area contributed by atoms with Crippen LogP contribution in [0.25, 0.3) is 10.8 Å². The standard InChI is InChI=1S/C18H15ClO/c1-12-9-10-14(19)11-17(12)18(20)16-8-4-6-13-5-2-3-7-15(13)16/h2-11,18,20H,1H3. The highest BCUT2D eigenvalue weighted by Gasteiger charge is 2.15. The van der Waals surface area contributed by atoms with Crippen molar-refractivity contribution in [2.75, 3.05) is 0 Å². The van der Waals surface area contributed by atoms with E-state index < -0.39 is 6.10 Å². The molecule has 0 amide bonds. The van der Waals surface area contributed by atoms with Gasteiger partial charge < -0.3 is 5.11 Å². The fourth-order valence-corrected chi connectivity index (χ4v) is 2.74. The second-order valence-corrected chi connectivity index (χ2v) is 5.41. The number of aliphatic hydroxyl groups is 1. The Kier molecular flexibility index (Phi) is 3.47. The van der Waals surface area contributed by atoms with Gasteiger partial charge in [0.15, 0.2) is 0 Å². The smallest absolute Gasteiger partial charge is 0.105 e. The van der Waals surface area contributed by atoms with Gasteiger partial charge in [0, 0.05) is 5.02 Å². The van der Waals surface area contributed by atoms with E-state index in [1.165, 1.54) is 0 Å². The second kappa shape index (κ2) is 5.28. The van der Waals surface area contributed by atoms with Crippen LogP contribution in [-0.2, 0) is 0 Å². The Balaban J connectivity index is 2.17. The molecule has 1 unspecified atom stereocenters. The highest BCUT2D eigenvalue weighted by molar-refractivity contribution is 6.30. The summed E-state index contributed by atoms with van der Waals surface area (Å²) in [5.41, 5.74) is 2.80. The molecule has 0 saturated heterocycles. The minimum absolute atomic E-state index is 0.643. The summed E-state index contributed by atoms with van der Waals surface area (Å²) >= 11 is 6.06. The number of halogens is 1. The maximum atomic E-state index is 10.7. The summed E-state index contributed by atoms with van der Waals surface area (Å²) in [6.45, 7) is 1.99. The first-order valence-electron chi connectivity index (χ1n) is 6.58. The lowest BCUT2D eigenvalue weighted by molar-refractivity contribution is 0.221. The molecule has 0 spiro atoms. The number of rotatable bonds is 2. The first kappa shape index (κ1) is 13.2. The van der Waals surface area contributed by atoms with Crippen molar-refractivity contribution in [3.8, 4) is 0 Å². The molecule has 0 aromatic heterocycles. The maximum Gasteiger partial charge on any atom is 0.105 e. The summed E-state index contributed by atoms with van der Waals surface area (Å²) in [7, 11) is 0. The van der Waals surface area contributed by atoms with Crippen LogP contribution >= 0.6 is 11.6 Å². The molecule has 100 valence electrons. The number of hydrogen-bond acceptors (Lipinski definition) is 1. The van der Waals surface area contributed by atoms with E-state index in [-0.39, 0.29) is 0 Å². The van der Waals surface area contributed by atoms with E-state index >= 15 is 0 Å². The predicted octanol–water partition coefficient (Wildman–Crippen LogP) is 4.88. The van der Waals surface area contributed by atoms with Crippen molar-refractivity contribution in [2.45, 2.75) is 13.0 Å². The molecular formula is C18H15ClO. The molecule has 3 aromatic rings. The Labute approximate surface area is 123 Å². The molecule has 1 atom stereocenters. The summed E-state index contributed by atoms with van der Waals surface area (Å²) in [5, 5.41) is 13.6. The third kappa shape index (κ3) is 2.31. The molecule has 1 N–H and O–H groups in total. The van der Waals surface area contributed by atoms with Gasteiger partial charge in [0.1, 0.15) is 6.10 Å². The van der Waals surface area contributed by atoms with Gasteiger partial charge in [-0.05, 0) is 46.5 Å². The quantitative estimate of drug-likeness (QED) is 0.710. The summed E-state index contributed by atoms with van der Waals surface area (Å²) < 4.78 is 0. The van der Waals surface area contributed by atoms with E-state index in [9.17, 15) is 5.11 Å². The van der Waals surface area contributed by atoms with Crippen molar-refractivity contribution in [3.05, 3.63) is 82.4 Å². The van der Waals surface area contributed by atoms with Crippen molar-refractivity contribution >= 4 is 22.4 Å². The molecule has 0 heterocycles. The van der Waals surface area contributed by atoms with Gasteiger partial charge in [-0.25, -0.2) is 0 Å². The third-order valence-electron chi connectivity index (χ3n) is 3.65. The van der Waals surface area contributed by atoms with Gasteiger partial charge in [-0.3, -0.25) is 0 Å². The molecule has 3 aromatic carbocycles. The van der Waals surface area contributed by atoms with Gasteiger partial charge in [0.25, 0.3) is 0 Å². The summed E-state index contributed by atoms with van der Waals surface area (Å²) in [4.78, 5) is 0. The SMILES string of the molecule is Cc1ccc(Cl)cc1C(O)c1cccc2ccccc12. The van der Waals surface area contributed by atoms with Gasteiger partial charge in [0.2, 0.25) is 0 Å². The number of aliphatic hydroxyl groups excluding tert-OH is 1. The second-order valence-electron chi connectivity index (χ2n) is 4.97. The van der Waals surface area contributed by atoms with E-state index in [4.69, 9.17) is 11.6 Å². The highest BCUT2D eigenvalue weighted by Crippen LogP contribution is 2.31. The van der Waals surface area contributed by atoms with E-state index in [0.29, 0.717) is 5.02 Å². The van der Waals surface area contributed by atoms with Crippen molar-refractivity contribution in [2.24, 2.45) is 0 Å². The van der Waals surface area contributed by atoms with Crippen LogP contribution in [0.5, 0.6) is 0 Å². The highest BCUT2D eigenvalue weighted by atomic mass is 35.5. The molecule has 1 nitrogen and oxygen atoms in total. The van der Waals surface area contributed by atoms with Crippen LogP contribution in [0.15, 0.2) is 60.7 Å². The minimum Gasteiger partial charge on any atom is -0.384 e. The van der Waals surface area contributed by atoms with E-state index in [1.807, 2.05) is 55.5 Å². The summed E-state index contributed by atoms with van der Waals surface area (Å²) in [5.74, 6) is 0. The maximum absolute atomic E-state index is 10.7. The molecular weight excluding hydrogens is 268 g/mol. The normalized spacial score (nSPS) is 12.6. The van der Waals surface area contributed by atoms with Gasteiger partial charge in [-0.1, -0.05) is 60.1 Å². The minimum atomic E-state index is -0.667. The number of hydrogen-bond donors (Lipinski definition) is 1. The van der Waals surface area contributed by atoms with E-state index in [2.05, 4.69) is 12.1 Å². The predicted molar refractivity (Wildman–Crippen MR) is 84.2 cm³/mol. The molecule has 0 fully saturated rings. The largest absolute Gasteiger partial charge is 0.384 e. The molecule has 2 heteroatoms. The summed E-state index contributed by atoms with van der Waals surface area (Å²) in [6, 6.07) is 19.7. The fourth-order valence-electron chi connectivity index (χ4n) is 2.56. The van der Waals surface area contributed by atoms with Gasteiger partial charge >= 0.3 is 0 Å². The lowest BCUT2D eigenvalue weighted by atomic mass is 9.93. The van der Waals surface area contributed by atoms with Crippen molar-refractivity contribution < 1.29 is 5.11 Å². The molecule has 0 aliphatic rings. The molecule has 0 saturated carbocycles. The van der Waals surface area contributed by atoms with Gasteiger partial charge in [-0.2, -0.15) is 0 Å². The molecule has 20 heavy (non-hydrogen) atoms. The zero-order valence-corrected chi connectivity index (χ0v) is 11.9. The molecule has 0 aliphatic carbocycles.